The van der Waals surface area contributed by atoms with Crippen LogP contribution in [0.15, 0.2) is 46.9 Å². The van der Waals surface area contributed by atoms with E-state index in [9.17, 15) is 4.79 Å². The number of rotatable bonds is 4. The molecule has 0 spiro atoms. The molecule has 0 unspecified atom stereocenters. The molecule has 0 aliphatic heterocycles. The van der Waals surface area contributed by atoms with Gasteiger partial charge in [-0.3, -0.25) is 4.79 Å². The average Bonchev–Trinajstić information content (AvgIpc) is 2.41. The van der Waals surface area contributed by atoms with Crippen molar-refractivity contribution in [2.24, 2.45) is 0 Å². The molecule has 4 heteroatoms. The summed E-state index contributed by atoms with van der Waals surface area (Å²) in [6.07, 6.45) is 0.851. The lowest BCUT2D eigenvalue weighted by molar-refractivity contribution is 0.112. The minimum absolute atomic E-state index is 0.628. The summed E-state index contributed by atoms with van der Waals surface area (Å²) >= 11 is 9.40. The highest BCUT2D eigenvalue weighted by molar-refractivity contribution is 9.10. The van der Waals surface area contributed by atoms with Crippen LogP contribution in [0.5, 0.6) is 0 Å². The first-order chi connectivity index (χ1) is 9.10. The van der Waals surface area contributed by atoms with Gasteiger partial charge in [0, 0.05) is 34.3 Å². The van der Waals surface area contributed by atoms with Gasteiger partial charge < -0.3 is 4.90 Å². The molecule has 0 radical (unpaired) electrons. The van der Waals surface area contributed by atoms with Crippen molar-refractivity contribution in [3.05, 3.63) is 63.1 Å². The van der Waals surface area contributed by atoms with Crippen molar-refractivity contribution >= 4 is 39.5 Å². The second kappa shape index (κ2) is 6.22. The van der Waals surface area contributed by atoms with Gasteiger partial charge in [-0.2, -0.15) is 0 Å². The molecule has 0 fully saturated rings. The van der Waals surface area contributed by atoms with Crippen LogP contribution < -0.4 is 4.90 Å². The molecular weight excluding hydrogens is 326 g/mol. The van der Waals surface area contributed by atoms with Crippen LogP contribution in [0, 0.1) is 0 Å². The van der Waals surface area contributed by atoms with E-state index in [2.05, 4.69) is 15.9 Å². The van der Waals surface area contributed by atoms with Crippen molar-refractivity contribution in [3.8, 4) is 0 Å². The molecule has 0 aliphatic rings. The van der Waals surface area contributed by atoms with Crippen LogP contribution in [0.25, 0.3) is 0 Å². The lowest BCUT2D eigenvalue weighted by atomic mass is 10.1. The van der Waals surface area contributed by atoms with E-state index < -0.39 is 0 Å². The predicted molar refractivity (Wildman–Crippen MR) is 83.1 cm³/mol. The second-order valence-electron chi connectivity index (χ2n) is 4.30. The van der Waals surface area contributed by atoms with E-state index in [0.29, 0.717) is 17.1 Å². The number of anilines is 1. The first-order valence-electron chi connectivity index (χ1n) is 5.80. The Morgan fingerprint density at radius 1 is 1.21 bits per heavy atom. The molecule has 98 valence electrons. The van der Waals surface area contributed by atoms with Crippen molar-refractivity contribution in [3.63, 3.8) is 0 Å². The number of halogens is 2. The lowest BCUT2D eigenvalue weighted by Gasteiger charge is -2.21. The molecule has 0 heterocycles. The molecule has 0 bridgehead atoms. The van der Waals surface area contributed by atoms with Crippen LogP contribution in [0.2, 0.25) is 5.02 Å². The first kappa shape index (κ1) is 14.1. The van der Waals surface area contributed by atoms with Crippen molar-refractivity contribution < 1.29 is 4.79 Å². The maximum atomic E-state index is 11.1. The van der Waals surface area contributed by atoms with Crippen LogP contribution in [-0.4, -0.2) is 13.3 Å². The van der Waals surface area contributed by atoms with Crippen LogP contribution in [0.1, 0.15) is 15.9 Å². The molecule has 0 N–H and O–H groups in total. The fourth-order valence-electron chi connectivity index (χ4n) is 1.90. The molecule has 2 aromatic carbocycles. The van der Waals surface area contributed by atoms with Gasteiger partial charge in [-0.05, 0) is 35.9 Å². The van der Waals surface area contributed by atoms with Crippen molar-refractivity contribution in [2.45, 2.75) is 6.54 Å². The molecule has 19 heavy (non-hydrogen) atoms. The summed E-state index contributed by atoms with van der Waals surface area (Å²) in [7, 11) is 1.95. The van der Waals surface area contributed by atoms with Gasteiger partial charge in [0.2, 0.25) is 0 Å². The number of hydrogen-bond acceptors (Lipinski definition) is 2. The largest absolute Gasteiger partial charge is 0.370 e. The Balaban J connectivity index is 2.24. The van der Waals surface area contributed by atoms with Gasteiger partial charge >= 0.3 is 0 Å². The summed E-state index contributed by atoms with van der Waals surface area (Å²) in [4.78, 5) is 13.1. The number of hydrogen-bond donors (Lipinski definition) is 0. The van der Waals surface area contributed by atoms with Gasteiger partial charge in [0.15, 0.2) is 6.29 Å². The summed E-state index contributed by atoms with van der Waals surface area (Å²) in [5.41, 5.74) is 2.65. The van der Waals surface area contributed by atoms with Gasteiger partial charge in [-0.15, -0.1) is 0 Å². The highest BCUT2D eigenvalue weighted by Gasteiger charge is 2.08. The molecule has 2 nitrogen and oxygen atoms in total. The summed E-state index contributed by atoms with van der Waals surface area (Å²) < 4.78 is 1.05. The van der Waals surface area contributed by atoms with Crippen LogP contribution in [-0.2, 0) is 6.54 Å². The summed E-state index contributed by atoms with van der Waals surface area (Å²) in [5, 5.41) is 0.628. The summed E-state index contributed by atoms with van der Waals surface area (Å²) in [6, 6.07) is 13.4. The predicted octanol–water partition coefficient (Wildman–Crippen LogP) is 4.55. The molecular formula is C15H13BrClNO. The minimum Gasteiger partial charge on any atom is -0.370 e. The second-order valence-corrected chi connectivity index (χ2v) is 5.66. The zero-order valence-electron chi connectivity index (χ0n) is 10.4. The van der Waals surface area contributed by atoms with Crippen LogP contribution in [0.3, 0.4) is 0 Å². The van der Waals surface area contributed by atoms with Crippen molar-refractivity contribution in [1.82, 2.24) is 0 Å². The Bertz CT molecular complexity index is 583. The zero-order chi connectivity index (χ0) is 13.8. The van der Waals surface area contributed by atoms with Crippen LogP contribution >= 0.6 is 27.5 Å². The van der Waals surface area contributed by atoms with E-state index in [-0.39, 0.29) is 0 Å². The third-order valence-corrected chi connectivity index (χ3v) is 3.63. The Kier molecular flexibility index (Phi) is 4.61. The fourth-order valence-corrected chi connectivity index (χ4v) is 2.33. The quantitative estimate of drug-likeness (QED) is 0.762. The SMILES string of the molecule is CN(Cc1ccc(Br)cc1)c1cc(Cl)ccc1C=O. The Hall–Kier alpha value is -1.32. The van der Waals surface area contributed by atoms with E-state index in [1.165, 1.54) is 5.56 Å². The van der Waals surface area contributed by atoms with Crippen molar-refractivity contribution in [1.29, 1.82) is 0 Å². The number of carbonyl (C=O) groups excluding carboxylic acids is 1. The highest BCUT2D eigenvalue weighted by atomic mass is 79.9. The third kappa shape index (κ3) is 3.58. The maximum absolute atomic E-state index is 11.1. The van der Waals surface area contributed by atoms with Crippen molar-refractivity contribution in [2.75, 3.05) is 11.9 Å². The number of aldehydes is 1. The molecule has 0 aromatic heterocycles. The zero-order valence-corrected chi connectivity index (χ0v) is 12.8. The van der Waals surface area contributed by atoms with Crippen LogP contribution in [0.4, 0.5) is 5.69 Å². The third-order valence-electron chi connectivity index (χ3n) is 2.86. The van der Waals surface area contributed by atoms with E-state index in [0.717, 1.165) is 16.4 Å². The smallest absolute Gasteiger partial charge is 0.152 e. The lowest BCUT2D eigenvalue weighted by Crippen LogP contribution is -2.17. The minimum atomic E-state index is 0.628. The topological polar surface area (TPSA) is 20.3 Å². The van der Waals surface area contributed by atoms with Gasteiger partial charge in [-0.25, -0.2) is 0 Å². The molecule has 0 saturated carbocycles. The molecule has 2 aromatic rings. The molecule has 2 rings (SSSR count). The van der Waals surface area contributed by atoms with E-state index >= 15 is 0 Å². The number of nitrogens with zero attached hydrogens (tertiary/aromatic N) is 1. The number of benzene rings is 2. The highest BCUT2D eigenvalue weighted by Crippen LogP contribution is 2.24. The van der Waals surface area contributed by atoms with E-state index in [1.807, 2.05) is 42.3 Å². The van der Waals surface area contributed by atoms with E-state index in [4.69, 9.17) is 11.6 Å². The Morgan fingerprint density at radius 2 is 1.89 bits per heavy atom. The Morgan fingerprint density at radius 3 is 2.53 bits per heavy atom. The van der Waals surface area contributed by atoms with Gasteiger partial charge in [0.1, 0.15) is 0 Å². The normalized spacial score (nSPS) is 10.3. The van der Waals surface area contributed by atoms with Gasteiger partial charge in [0.25, 0.3) is 0 Å². The fraction of sp³-hybridized carbons (Fsp3) is 0.133. The first-order valence-corrected chi connectivity index (χ1v) is 6.97. The summed E-state index contributed by atoms with van der Waals surface area (Å²) in [6.45, 7) is 0.717. The monoisotopic (exact) mass is 337 g/mol. The molecule has 0 atom stereocenters. The molecule has 0 aliphatic carbocycles. The molecule has 0 amide bonds. The van der Waals surface area contributed by atoms with E-state index in [1.54, 1.807) is 12.1 Å². The number of carbonyl (C=O) groups is 1. The maximum Gasteiger partial charge on any atom is 0.152 e. The average molecular weight is 339 g/mol. The molecule has 0 saturated heterocycles. The van der Waals surface area contributed by atoms with Gasteiger partial charge in [-0.1, -0.05) is 39.7 Å². The van der Waals surface area contributed by atoms with Gasteiger partial charge in [0.05, 0.1) is 0 Å². The standard InChI is InChI=1S/C15H13BrClNO/c1-18(9-11-2-5-13(16)6-3-11)15-8-14(17)7-4-12(15)10-19/h2-8,10H,9H2,1H3. The summed E-state index contributed by atoms with van der Waals surface area (Å²) in [5.74, 6) is 0. The Labute approximate surface area is 126 Å².